The van der Waals surface area contributed by atoms with Gasteiger partial charge < -0.3 is 14.2 Å². The van der Waals surface area contributed by atoms with Gasteiger partial charge in [-0.2, -0.15) is 0 Å². The number of benzene rings is 1. The van der Waals surface area contributed by atoms with Crippen LogP contribution in [0, 0.1) is 6.92 Å². The molecule has 5 rings (SSSR count). The Hall–Kier alpha value is -2.29. The minimum absolute atomic E-state index is 0.557. The van der Waals surface area contributed by atoms with E-state index in [2.05, 4.69) is 49.5 Å². The standard InChI is InChI=1S/C21H26N6OS/c1-3-9-25-11-13-26(14-12-25)10-8-18-23-24-20(28-18)19-15(2)22-21-27(19)16-6-4-5-7-17(16)29-21/h4-7H,3,8-14H2,1-2H3. The predicted octanol–water partition coefficient (Wildman–Crippen LogP) is 3.48. The molecule has 152 valence electrons. The number of fused-ring (bicyclic) bond motifs is 3. The molecule has 0 spiro atoms. The molecule has 0 unspecified atom stereocenters. The molecule has 0 atom stereocenters. The molecule has 1 saturated heterocycles. The number of nitrogens with zero attached hydrogens (tertiary/aromatic N) is 6. The molecule has 0 aliphatic carbocycles. The largest absolute Gasteiger partial charge is 0.419 e. The smallest absolute Gasteiger partial charge is 0.266 e. The van der Waals surface area contributed by atoms with E-state index in [9.17, 15) is 0 Å². The van der Waals surface area contributed by atoms with Gasteiger partial charge in [0.05, 0.1) is 15.9 Å². The van der Waals surface area contributed by atoms with Crippen LogP contribution in [0.1, 0.15) is 24.9 Å². The van der Waals surface area contributed by atoms with E-state index in [1.165, 1.54) is 17.7 Å². The Bertz CT molecular complexity index is 1120. The number of piperazine rings is 1. The van der Waals surface area contributed by atoms with Crippen LogP contribution in [0.15, 0.2) is 28.7 Å². The second-order valence-electron chi connectivity index (χ2n) is 7.67. The zero-order valence-corrected chi connectivity index (χ0v) is 17.8. The first-order valence-corrected chi connectivity index (χ1v) is 11.2. The molecule has 1 aromatic carbocycles. The minimum atomic E-state index is 0.557. The third-order valence-corrected chi connectivity index (χ3v) is 6.67. The summed E-state index contributed by atoms with van der Waals surface area (Å²) in [5.41, 5.74) is 2.96. The van der Waals surface area contributed by atoms with Crippen LogP contribution in [0.3, 0.4) is 0 Å². The maximum Gasteiger partial charge on any atom is 0.266 e. The highest BCUT2D eigenvalue weighted by atomic mass is 32.1. The molecule has 8 heteroatoms. The highest BCUT2D eigenvalue weighted by Crippen LogP contribution is 2.33. The number of aromatic nitrogens is 4. The molecule has 0 amide bonds. The van der Waals surface area contributed by atoms with Crippen molar-refractivity contribution in [1.82, 2.24) is 29.4 Å². The molecular formula is C21H26N6OS. The Morgan fingerprint density at radius 1 is 1.03 bits per heavy atom. The lowest BCUT2D eigenvalue weighted by atomic mass is 10.2. The summed E-state index contributed by atoms with van der Waals surface area (Å²) in [5.74, 6) is 1.26. The third-order valence-electron chi connectivity index (χ3n) is 5.64. The van der Waals surface area contributed by atoms with E-state index in [-0.39, 0.29) is 0 Å². The number of rotatable bonds is 6. The van der Waals surface area contributed by atoms with E-state index in [4.69, 9.17) is 9.40 Å². The van der Waals surface area contributed by atoms with Gasteiger partial charge in [-0.05, 0) is 32.0 Å². The van der Waals surface area contributed by atoms with Crippen molar-refractivity contribution < 1.29 is 4.42 Å². The molecule has 4 heterocycles. The Balaban J connectivity index is 1.32. The fraction of sp³-hybridized carbons (Fsp3) is 0.476. The first-order chi connectivity index (χ1) is 14.2. The molecule has 0 N–H and O–H groups in total. The quantitative estimate of drug-likeness (QED) is 0.485. The van der Waals surface area contributed by atoms with E-state index in [0.29, 0.717) is 11.8 Å². The van der Waals surface area contributed by atoms with Gasteiger partial charge in [0.2, 0.25) is 5.89 Å². The molecule has 4 aromatic rings. The number of para-hydroxylation sites is 1. The van der Waals surface area contributed by atoms with Gasteiger partial charge in [0, 0.05) is 39.1 Å². The molecule has 3 aromatic heterocycles. The summed E-state index contributed by atoms with van der Waals surface area (Å²) in [6.07, 6.45) is 2.01. The maximum absolute atomic E-state index is 6.07. The molecule has 0 radical (unpaired) electrons. The third kappa shape index (κ3) is 3.56. The van der Waals surface area contributed by atoms with Crippen LogP contribution in [-0.2, 0) is 6.42 Å². The highest BCUT2D eigenvalue weighted by molar-refractivity contribution is 7.23. The first-order valence-electron chi connectivity index (χ1n) is 10.4. The monoisotopic (exact) mass is 410 g/mol. The van der Waals surface area contributed by atoms with Crippen molar-refractivity contribution in [3.8, 4) is 11.6 Å². The molecule has 7 nitrogen and oxygen atoms in total. The van der Waals surface area contributed by atoms with Crippen LogP contribution in [0.5, 0.6) is 0 Å². The molecule has 0 saturated carbocycles. The van der Waals surface area contributed by atoms with E-state index in [0.717, 1.165) is 61.0 Å². The van der Waals surface area contributed by atoms with Crippen molar-refractivity contribution in [1.29, 1.82) is 0 Å². The van der Waals surface area contributed by atoms with Gasteiger partial charge in [0.1, 0.15) is 5.69 Å². The van der Waals surface area contributed by atoms with Gasteiger partial charge >= 0.3 is 0 Å². The van der Waals surface area contributed by atoms with Crippen molar-refractivity contribution in [3.63, 3.8) is 0 Å². The Labute approximate surface area is 174 Å². The number of aryl methyl sites for hydroxylation is 1. The van der Waals surface area contributed by atoms with Gasteiger partial charge in [-0.25, -0.2) is 4.98 Å². The van der Waals surface area contributed by atoms with Crippen LogP contribution in [0.25, 0.3) is 26.8 Å². The first kappa shape index (κ1) is 18.7. The maximum atomic E-state index is 6.07. The van der Waals surface area contributed by atoms with Gasteiger partial charge in [0.25, 0.3) is 5.89 Å². The predicted molar refractivity (Wildman–Crippen MR) is 115 cm³/mol. The lowest BCUT2D eigenvalue weighted by Crippen LogP contribution is -2.46. The average molecular weight is 411 g/mol. The Morgan fingerprint density at radius 2 is 1.79 bits per heavy atom. The second kappa shape index (κ2) is 7.85. The van der Waals surface area contributed by atoms with E-state index in [1.54, 1.807) is 11.3 Å². The molecular weight excluding hydrogens is 384 g/mol. The normalized spacial score (nSPS) is 16.3. The summed E-state index contributed by atoms with van der Waals surface area (Å²) < 4.78 is 9.42. The zero-order chi connectivity index (χ0) is 19.8. The van der Waals surface area contributed by atoms with Crippen molar-refractivity contribution in [3.05, 3.63) is 35.9 Å². The molecule has 29 heavy (non-hydrogen) atoms. The lowest BCUT2D eigenvalue weighted by Gasteiger charge is -2.34. The lowest BCUT2D eigenvalue weighted by molar-refractivity contribution is 0.132. The number of imidazole rings is 1. The van der Waals surface area contributed by atoms with Crippen LogP contribution in [-0.4, -0.2) is 68.7 Å². The highest BCUT2D eigenvalue weighted by Gasteiger charge is 2.21. The summed E-state index contributed by atoms with van der Waals surface area (Å²) in [5, 5.41) is 8.68. The van der Waals surface area contributed by atoms with Gasteiger partial charge in [-0.15, -0.1) is 10.2 Å². The summed E-state index contributed by atoms with van der Waals surface area (Å²) in [6, 6.07) is 8.33. The summed E-state index contributed by atoms with van der Waals surface area (Å²) in [6.45, 7) is 11.0. The molecule has 1 aliphatic rings. The van der Waals surface area contributed by atoms with E-state index >= 15 is 0 Å². The van der Waals surface area contributed by atoms with E-state index in [1.807, 2.05) is 13.0 Å². The van der Waals surface area contributed by atoms with E-state index < -0.39 is 0 Å². The van der Waals surface area contributed by atoms with Crippen LogP contribution >= 0.6 is 11.3 Å². The number of hydrogen-bond acceptors (Lipinski definition) is 7. The van der Waals surface area contributed by atoms with Crippen LogP contribution < -0.4 is 0 Å². The van der Waals surface area contributed by atoms with Crippen molar-refractivity contribution in [2.24, 2.45) is 0 Å². The summed E-state index contributed by atoms with van der Waals surface area (Å²) >= 11 is 1.68. The Morgan fingerprint density at radius 3 is 2.59 bits per heavy atom. The van der Waals surface area contributed by atoms with Crippen LogP contribution in [0.4, 0.5) is 0 Å². The van der Waals surface area contributed by atoms with Crippen molar-refractivity contribution >= 4 is 26.5 Å². The second-order valence-corrected chi connectivity index (χ2v) is 8.68. The summed E-state index contributed by atoms with van der Waals surface area (Å²) in [7, 11) is 0. The molecule has 0 bridgehead atoms. The average Bonchev–Trinajstić information content (AvgIpc) is 3.41. The summed E-state index contributed by atoms with van der Waals surface area (Å²) in [4.78, 5) is 10.7. The van der Waals surface area contributed by atoms with Gasteiger partial charge in [-0.1, -0.05) is 30.4 Å². The fourth-order valence-corrected chi connectivity index (χ4v) is 5.20. The topological polar surface area (TPSA) is 62.7 Å². The van der Waals surface area contributed by atoms with Crippen LogP contribution in [0.2, 0.25) is 0 Å². The minimum Gasteiger partial charge on any atom is -0.419 e. The Kier molecular flexibility index (Phi) is 5.07. The van der Waals surface area contributed by atoms with Crippen molar-refractivity contribution in [2.75, 3.05) is 39.3 Å². The zero-order valence-electron chi connectivity index (χ0n) is 17.0. The molecule has 1 aliphatic heterocycles. The van der Waals surface area contributed by atoms with Crippen molar-refractivity contribution in [2.45, 2.75) is 26.7 Å². The fourth-order valence-electron chi connectivity index (χ4n) is 4.13. The van der Waals surface area contributed by atoms with Gasteiger partial charge in [-0.3, -0.25) is 4.40 Å². The number of hydrogen-bond donors (Lipinski definition) is 0. The van der Waals surface area contributed by atoms with Gasteiger partial charge in [0.15, 0.2) is 4.96 Å². The SMILES string of the molecule is CCCN1CCN(CCc2nnc(-c3c(C)nc4sc5ccccc5n34)o2)CC1. The number of thiazole rings is 1. The molecule has 1 fully saturated rings.